The number of amidine groups is 1. The number of hydrogen-bond acceptors (Lipinski definition) is 5. The summed E-state index contributed by atoms with van der Waals surface area (Å²) in [6.07, 6.45) is 3.82. The third-order valence-corrected chi connectivity index (χ3v) is 4.18. The Morgan fingerprint density at radius 2 is 1.96 bits per heavy atom. The molecule has 138 valence electrons. The fourth-order valence-corrected chi connectivity index (χ4v) is 2.93. The van der Waals surface area contributed by atoms with Gasteiger partial charge in [0.2, 0.25) is 0 Å². The number of hydrogen-bond donors (Lipinski definition) is 2. The van der Waals surface area contributed by atoms with Crippen LogP contribution in [-0.2, 0) is 9.53 Å². The molecule has 27 heavy (non-hydrogen) atoms. The van der Waals surface area contributed by atoms with Gasteiger partial charge in [0.15, 0.2) is 0 Å². The average molecular weight is 362 g/mol. The molecule has 2 N–H and O–H groups in total. The number of esters is 1. The van der Waals surface area contributed by atoms with Crippen LogP contribution in [0, 0.1) is 0 Å². The first kappa shape index (κ1) is 18.5. The third-order valence-electron chi connectivity index (χ3n) is 4.18. The van der Waals surface area contributed by atoms with E-state index in [1.54, 1.807) is 25.1 Å². The standard InChI is InChI=1S/C22H22N2O3/c1-3-27-22(26)20-15(2)23-19(13-12-16-8-5-4-6-9-16)24-21(20)17-10-7-11-18(25)14-17/h4-14,21,25H,3H2,1-2H3,(H,23,24)/b13-12+. The quantitative estimate of drug-likeness (QED) is 0.789. The van der Waals surface area contributed by atoms with Gasteiger partial charge < -0.3 is 15.2 Å². The molecule has 0 bridgehead atoms. The van der Waals surface area contributed by atoms with Gasteiger partial charge in [-0.1, -0.05) is 48.5 Å². The number of carbonyl (C=O) groups excluding carboxylic acids is 1. The zero-order valence-electron chi connectivity index (χ0n) is 15.3. The molecule has 0 radical (unpaired) electrons. The third kappa shape index (κ3) is 4.44. The van der Waals surface area contributed by atoms with E-state index in [0.717, 1.165) is 11.1 Å². The highest BCUT2D eigenvalue weighted by atomic mass is 16.5. The van der Waals surface area contributed by atoms with Gasteiger partial charge in [-0.15, -0.1) is 0 Å². The van der Waals surface area contributed by atoms with Crippen molar-refractivity contribution in [1.29, 1.82) is 0 Å². The molecule has 0 fully saturated rings. The summed E-state index contributed by atoms with van der Waals surface area (Å²) in [7, 11) is 0. The minimum atomic E-state index is -0.548. The number of phenols is 1. The number of nitrogens with zero attached hydrogens (tertiary/aromatic N) is 1. The Morgan fingerprint density at radius 3 is 2.67 bits per heavy atom. The van der Waals surface area contributed by atoms with Crippen LogP contribution in [0.2, 0.25) is 0 Å². The van der Waals surface area contributed by atoms with E-state index in [1.165, 1.54) is 0 Å². The fraction of sp³-hybridized carbons (Fsp3) is 0.182. The van der Waals surface area contributed by atoms with Crippen LogP contribution < -0.4 is 5.32 Å². The molecule has 0 amide bonds. The van der Waals surface area contributed by atoms with Gasteiger partial charge >= 0.3 is 5.97 Å². The van der Waals surface area contributed by atoms with Crippen molar-refractivity contribution in [2.24, 2.45) is 4.99 Å². The predicted molar refractivity (Wildman–Crippen MR) is 106 cm³/mol. The number of rotatable bonds is 5. The van der Waals surface area contributed by atoms with Crippen molar-refractivity contribution >= 4 is 17.9 Å². The summed E-state index contributed by atoms with van der Waals surface area (Å²) in [5, 5.41) is 13.0. The summed E-state index contributed by atoms with van der Waals surface area (Å²) in [5.74, 6) is 0.354. The van der Waals surface area contributed by atoms with Gasteiger partial charge in [-0.05, 0) is 43.2 Å². The second-order valence-electron chi connectivity index (χ2n) is 6.14. The van der Waals surface area contributed by atoms with Gasteiger partial charge in [0.25, 0.3) is 0 Å². The Morgan fingerprint density at radius 1 is 1.19 bits per heavy atom. The number of benzene rings is 2. The molecule has 0 aromatic heterocycles. The van der Waals surface area contributed by atoms with Crippen molar-refractivity contribution in [1.82, 2.24) is 5.32 Å². The molecule has 0 saturated carbocycles. The maximum atomic E-state index is 12.5. The van der Waals surface area contributed by atoms with Gasteiger partial charge in [0.05, 0.1) is 12.2 Å². The van der Waals surface area contributed by atoms with Crippen molar-refractivity contribution < 1.29 is 14.6 Å². The molecule has 1 unspecified atom stereocenters. The zero-order chi connectivity index (χ0) is 19.2. The van der Waals surface area contributed by atoms with E-state index in [2.05, 4.69) is 5.32 Å². The van der Waals surface area contributed by atoms with Crippen LogP contribution in [0.25, 0.3) is 6.08 Å². The van der Waals surface area contributed by atoms with Crippen LogP contribution >= 0.6 is 0 Å². The minimum absolute atomic E-state index is 0.128. The topological polar surface area (TPSA) is 70.9 Å². The van der Waals surface area contributed by atoms with Gasteiger partial charge in [-0.3, -0.25) is 4.99 Å². The Labute approximate surface area is 158 Å². The Kier molecular flexibility index (Phi) is 5.71. The number of allylic oxidation sites excluding steroid dienone is 1. The lowest BCUT2D eigenvalue weighted by molar-refractivity contribution is -0.138. The largest absolute Gasteiger partial charge is 0.508 e. The number of aromatic hydroxyl groups is 1. The van der Waals surface area contributed by atoms with Crippen LogP contribution in [0.3, 0.4) is 0 Å². The second-order valence-corrected chi connectivity index (χ2v) is 6.14. The van der Waals surface area contributed by atoms with E-state index in [9.17, 15) is 9.90 Å². The molecule has 0 saturated heterocycles. The molecular weight excluding hydrogens is 340 g/mol. The van der Waals surface area contributed by atoms with Crippen LogP contribution in [0.5, 0.6) is 5.75 Å². The van der Waals surface area contributed by atoms with Gasteiger partial charge in [0.1, 0.15) is 17.6 Å². The van der Waals surface area contributed by atoms with E-state index in [0.29, 0.717) is 17.1 Å². The van der Waals surface area contributed by atoms with Gasteiger partial charge in [0, 0.05) is 5.70 Å². The van der Waals surface area contributed by atoms with Crippen molar-refractivity contribution in [3.8, 4) is 5.75 Å². The highest BCUT2D eigenvalue weighted by Gasteiger charge is 2.29. The van der Waals surface area contributed by atoms with Crippen LogP contribution in [0.4, 0.5) is 0 Å². The smallest absolute Gasteiger partial charge is 0.338 e. The first-order valence-electron chi connectivity index (χ1n) is 8.83. The van der Waals surface area contributed by atoms with Gasteiger partial charge in [-0.2, -0.15) is 0 Å². The average Bonchev–Trinajstić information content (AvgIpc) is 2.67. The highest BCUT2D eigenvalue weighted by molar-refractivity contribution is 6.02. The highest BCUT2D eigenvalue weighted by Crippen LogP contribution is 2.33. The number of phenolic OH excluding ortho intramolecular Hbond substituents is 1. The van der Waals surface area contributed by atoms with Crippen LogP contribution in [0.15, 0.2) is 76.9 Å². The summed E-state index contributed by atoms with van der Waals surface area (Å²) >= 11 is 0. The number of nitrogens with one attached hydrogen (secondary N) is 1. The summed E-state index contributed by atoms with van der Waals surface area (Å²) in [6, 6.07) is 16.1. The normalized spacial score (nSPS) is 16.8. The zero-order valence-corrected chi connectivity index (χ0v) is 15.3. The molecule has 5 nitrogen and oxygen atoms in total. The molecule has 2 aromatic rings. The summed E-state index contributed by atoms with van der Waals surface area (Å²) in [5.41, 5.74) is 2.90. The molecule has 2 aromatic carbocycles. The molecule has 1 aliphatic heterocycles. The summed E-state index contributed by atoms with van der Waals surface area (Å²) < 4.78 is 5.21. The SMILES string of the molecule is CCOC(=O)C1=C(C)NC(/C=C/c2ccccc2)=NC1c1cccc(O)c1. The van der Waals surface area contributed by atoms with E-state index >= 15 is 0 Å². The monoisotopic (exact) mass is 362 g/mol. The summed E-state index contributed by atoms with van der Waals surface area (Å²) in [6.45, 7) is 3.88. The van der Waals surface area contributed by atoms with Crippen molar-refractivity contribution in [3.05, 3.63) is 83.1 Å². The first-order valence-corrected chi connectivity index (χ1v) is 8.83. The Balaban J connectivity index is 1.98. The molecule has 0 spiro atoms. The first-order chi connectivity index (χ1) is 13.1. The van der Waals surface area contributed by atoms with E-state index in [1.807, 2.05) is 55.5 Å². The van der Waals surface area contributed by atoms with Crippen molar-refractivity contribution in [3.63, 3.8) is 0 Å². The fourth-order valence-electron chi connectivity index (χ4n) is 2.93. The van der Waals surface area contributed by atoms with Crippen molar-refractivity contribution in [2.45, 2.75) is 19.9 Å². The van der Waals surface area contributed by atoms with E-state index in [-0.39, 0.29) is 12.4 Å². The maximum Gasteiger partial charge on any atom is 0.338 e. The molecule has 3 rings (SSSR count). The molecule has 1 aliphatic rings. The summed E-state index contributed by atoms with van der Waals surface area (Å²) in [4.78, 5) is 17.2. The number of aliphatic imine (C=N–C) groups is 1. The molecule has 1 heterocycles. The van der Waals surface area contributed by atoms with Gasteiger partial charge in [-0.25, -0.2) is 4.79 Å². The molecular formula is C22H22N2O3. The lowest BCUT2D eigenvalue weighted by Gasteiger charge is -2.25. The lowest BCUT2D eigenvalue weighted by atomic mass is 9.96. The second kappa shape index (κ2) is 8.36. The molecule has 1 atom stereocenters. The van der Waals surface area contributed by atoms with Crippen LogP contribution in [-0.4, -0.2) is 23.5 Å². The lowest BCUT2D eigenvalue weighted by Crippen LogP contribution is -2.31. The number of ether oxygens (including phenoxy) is 1. The van der Waals surface area contributed by atoms with Crippen molar-refractivity contribution in [2.75, 3.05) is 6.61 Å². The number of carbonyl (C=O) groups is 1. The van der Waals surface area contributed by atoms with Crippen LogP contribution in [0.1, 0.15) is 31.0 Å². The van der Waals surface area contributed by atoms with E-state index in [4.69, 9.17) is 9.73 Å². The Hall–Kier alpha value is -3.34. The molecule has 0 aliphatic carbocycles. The molecule has 5 heteroatoms. The van der Waals surface area contributed by atoms with E-state index < -0.39 is 12.0 Å². The predicted octanol–water partition coefficient (Wildman–Crippen LogP) is 3.99. The Bertz CT molecular complexity index is 914. The maximum absolute atomic E-state index is 12.5. The minimum Gasteiger partial charge on any atom is -0.508 e.